The predicted molar refractivity (Wildman–Crippen MR) is 105 cm³/mol. The molecule has 1 unspecified atom stereocenters. The van der Waals surface area contributed by atoms with Gasteiger partial charge in [-0.15, -0.1) is 0 Å². The number of hydrogen-bond acceptors (Lipinski definition) is 4. The highest BCUT2D eigenvalue weighted by Gasteiger charge is 2.41. The number of halogens is 1. The average Bonchev–Trinajstić information content (AvgIpc) is 2.68. The number of ketones is 1. The van der Waals surface area contributed by atoms with E-state index in [1.54, 1.807) is 12.4 Å². The van der Waals surface area contributed by atoms with Crippen LogP contribution >= 0.6 is 11.6 Å². The summed E-state index contributed by atoms with van der Waals surface area (Å²) in [7, 11) is 0. The molecule has 0 saturated heterocycles. The first-order valence-electron chi connectivity index (χ1n) is 8.95. The van der Waals surface area contributed by atoms with Crippen LogP contribution in [0.2, 0.25) is 5.02 Å². The molecule has 2 aromatic rings. The molecule has 0 amide bonds. The highest BCUT2D eigenvalue weighted by Crippen LogP contribution is 2.46. The van der Waals surface area contributed by atoms with Gasteiger partial charge in [-0.2, -0.15) is 5.26 Å². The van der Waals surface area contributed by atoms with Crippen molar-refractivity contribution in [3.8, 4) is 6.07 Å². The number of pyridine rings is 1. The van der Waals surface area contributed by atoms with Gasteiger partial charge in [-0.05, 0) is 48.6 Å². The summed E-state index contributed by atoms with van der Waals surface area (Å²) in [6.45, 7) is 1.87. The number of aromatic nitrogens is 1. The maximum absolute atomic E-state index is 13.1. The van der Waals surface area contributed by atoms with Crippen molar-refractivity contribution in [2.45, 2.75) is 31.6 Å². The fourth-order valence-electron chi connectivity index (χ4n) is 4.12. The fourth-order valence-corrected chi connectivity index (χ4v) is 4.24. The molecule has 4 rings (SSSR count). The number of aliphatic imine (C=N–C) groups is 1. The summed E-state index contributed by atoms with van der Waals surface area (Å²) < 4.78 is 0. The number of hydrogen-bond donors (Lipinski definition) is 0. The van der Waals surface area contributed by atoms with Crippen LogP contribution in [0.3, 0.4) is 0 Å². The van der Waals surface area contributed by atoms with Crippen molar-refractivity contribution < 1.29 is 4.79 Å². The Kier molecular flexibility index (Phi) is 4.63. The molecule has 2 heterocycles. The Morgan fingerprint density at radius 3 is 2.59 bits per heavy atom. The van der Waals surface area contributed by atoms with Crippen LogP contribution < -0.4 is 0 Å². The normalized spacial score (nSPS) is 24.9. The lowest BCUT2D eigenvalue weighted by molar-refractivity contribution is -0.116. The summed E-state index contributed by atoms with van der Waals surface area (Å²) in [6, 6.07) is 13.8. The largest absolute Gasteiger partial charge is 0.294 e. The molecule has 0 spiro atoms. The smallest absolute Gasteiger partial charge is 0.161 e. The molecule has 27 heavy (non-hydrogen) atoms. The Morgan fingerprint density at radius 2 is 1.93 bits per heavy atom. The highest BCUT2D eigenvalue weighted by atomic mass is 35.5. The Labute approximate surface area is 163 Å². The Balaban J connectivity index is 1.78. The third-order valence-corrected chi connectivity index (χ3v) is 5.66. The minimum absolute atomic E-state index is 0.0709. The number of carbonyl (C=O) groups is 1. The molecule has 1 aliphatic heterocycles. The Hall–Kier alpha value is -2.77. The minimum Gasteiger partial charge on any atom is -0.294 e. The summed E-state index contributed by atoms with van der Waals surface area (Å²) in [5.41, 5.74) is 4.24. The van der Waals surface area contributed by atoms with E-state index in [0.29, 0.717) is 23.4 Å². The molecule has 0 saturated carbocycles. The predicted octanol–water partition coefficient (Wildman–Crippen LogP) is 4.83. The molecule has 4 nitrogen and oxygen atoms in total. The standard InChI is InChI=1S/C22H18ClN3O/c1-13-18(11-24)21(15-3-2-8-25-12-15)22-19(26-13)9-16(10-20(22)27)14-4-6-17(23)7-5-14/h2-8,12,16,18,21H,9-10H2,1H3/t16-,18?,21+/m1/s1. The molecule has 1 aromatic heterocycles. The molecule has 1 aromatic carbocycles. The molecule has 134 valence electrons. The highest BCUT2D eigenvalue weighted by molar-refractivity contribution is 6.30. The molecule has 0 N–H and O–H groups in total. The molecule has 0 radical (unpaired) electrons. The number of rotatable bonds is 2. The van der Waals surface area contributed by atoms with Crippen molar-refractivity contribution in [1.29, 1.82) is 5.26 Å². The summed E-state index contributed by atoms with van der Waals surface area (Å²) in [4.78, 5) is 22.0. The molecule has 1 aliphatic carbocycles. The van der Waals surface area contributed by atoms with Crippen molar-refractivity contribution in [2.24, 2.45) is 10.9 Å². The van der Waals surface area contributed by atoms with Crippen LogP contribution in [0.1, 0.15) is 42.7 Å². The summed E-state index contributed by atoms with van der Waals surface area (Å²) >= 11 is 5.99. The molecule has 5 heteroatoms. The zero-order chi connectivity index (χ0) is 19.0. The van der Waals surface area contributed by atoms with Gasteiger partial charge in [0.25, 0.3) is 0 Å². The van der Waals surface area contributed by atoms with Gasteiger partial charge in [-0.25, -0.2) is 0 Å². The maximum atomic E-state index is 13.1. The SMILES string of the molecule is CC1=NC2=C(C(=O)C[C@H](c3ccc(Cl)cc3)C2)[C@@H](c2cccnc2)C1C#N. The maximum Gasteiger partial charge on any atom is 0.161 e. The van der Waals surface area contributed by atoms with Crippen molar-refractivity contribution in [3.05, 3.63) is 76.2 Å². The number of allylic oxidation sites excluding steroid dienone is 2. The lowest BCUT2D eigenvalue weighted by Gasteiger charge is -2.34. The van der Waals surface area contributed by atoms with E-state index in [1.165, 1.54) is 0 Å². The van der Waals surface area contributed by atoms with Gasteiger partial charge >= 0.3 is 0 Å². The van der Waals surface area contributed by atoms with E-state index in [-0.39, 0.29) is 17.6 Å². The van der Waals surface area contributed by atoms with Crippen LogP contribution in [0.15, 0.2) is 65.1 Å². The second kappa shape index (κ2) is 7.09. The van der Waals surface area contributed by atoms with E-state index >= 15 is 0 Å². The van der Waals surface area contributed by atoms with Gasteiger partial charge in [-0.1, -0.05) is 29.8 Å². The summed E-state index contributed by atoms with van der Waals surface area (Å²) in [5, 5.41) is 10.4. The van der Waals surface area contributed by atoms with Crippen molar-refractivity contribution in [2.75, 3.05) is 0 Å². The molecule has 3 atom stereocenters. The number of nitrogens with zero attached hydrogens (tertiary/aromatic N) is 3. The molecular weight excluding hydrogens is 358 g/mol. The van der Waals surface area contributed by atoms with Gasteiger partial charge in [0.1, 0.15) is 0 Å². The fraction of sp³-hybridized carbons (Fsp3) is 0.273. The second-order valence-electron chi connectivity index (χ2n) is 7.06. The van der Waals surface area contributed by atoms with E-state index < -0.39 is 5.92 Å². The number of nitriles is 1. The van der Waals surface area contributed by atoms with Crippen LogP contribution in [-0.2, 0) is 4.79 Å². The molecule has 0 fully saturated rings. The average molecular weight is 376 g/mol. The summed E-state index contributed by atoms with van der Waals surface area (Å²) in [5.74, 6) is -0.585. The number of Topliss-reactive ketones (excluding diaryl/α,β-unsaturated/α-hetero) is 1. The monoisotopic (exact) mass is 375 g/mol. The van der Waals surface area contributed by atoms with Crippen LogP contribution in [0, 0.1) is 17.2 Å². The Bertz CT molecular complexity index is 986. The van der Waals surface area contributed by atoms with E-state index in [4.69, 9.17) is 11.6 Å². The Morgan fingerprint density at radius 1 is 1.15 bits per heavy atom. The first-order chi connectivity index (χ1) is 13.1. The van der Waals surface area contributed by atoms with Gasteiger partial charge < -0.3 is 0 Å². The van der Waals surface area contributed by atoms with Crippen molar-refractivity contribution in [3.63, 3.8) is 0 Å². The van der Waals surface area contributed by atoms with E-state index in [0.717, 1.165) is 22.5 Å². The molecule has 2 aliphatic rings. The van der Waals surface area contributed by atoms with Crippen LogP contribution in [-0.4, -0.2) is 16.5 Å². The van der Waals surface area contributed by atoms with E-state index in [1.807, 2.05) is 43.3 Å². The van der Waals surface area contributed by atoms with Crippen LogP contribution in [0.25, 0.3) is 0 Å². The summed E-state index contributed by atoms with van der Waals surface area (Å²) in [6.07, 6.45) is 4.55. The zero-order valence-corrected chi connectivity index (χ0v) is 15.6. The van der Waals surface area contributed by atoms with Gasteiger partial charge in [0.05, 0.1) is 12.0 Å². The van der Waals surface area contributed by atoms with E-state index in [2.05, 4.69) is 16.0 Å². The number of carbonyl (C=O) groups excluding carboxylic acids is 1. The quantitative estimate of drug-likeness (QED) is 0.754. The third kappa shape index (κ3) is 3.20. The van der Waals surface area contributed by atoms with Gasteiger partial charge in [0, 0.05) is 46.7 Å². The zero-order valence-electron chi connectivity index (χ0n) is 14.9. The molecular formula is C22H18ClN3O. The third-order valence-electron chi connectivity index (χ3n) is 5.41. The topological polar surface area (TPSA) is 66.1 Å². The first kappa shape index (κ1) is 17.6. The van der Waals surface area contributed by atoms with Crippen molar-refractivity contribution >= 4 is 23.1 Å². The number of benzene rings is 1. The van der Waals surface area contributed by atoms with Gasteiger partial charge in [0.2, 0.25) is 0 Å². The lowest BCUT2D eigenvalue weighted by atomic mass is 9.70. The first-order valence-corrected chi connectivity index (χ1v) is 9.32. The minimum atomic E-state index is -0.441. The van der Waals surface area contributed by atoms with Gasteiger partial charge in [-0.3, -0.25) is 14.8 Å². The molecule has 0 bridgehead atoms. The van der Waals surface area contributed by atoms with Crippen LogP contribution in [0.4, 0.5) is 0 Å². The van der Waals surface area contributed by atoms with Gasteiger partial charge in [0.15, 0.2) is 5.78 Å². The van der Waals surface area contributed by atoms with E-state index in [9.17, 15) is 10.1 Å². The second-order valence-corrected chi connectivity index (χ2v) is 7.50. The lowest BCUT2D eigenvalue weighted by Crippen LogP contribution is -2.32. The van der Waals surface area contributed by atoms with Crippen molar-refractivity contribution in [1.82, 2.24) is 4.98 Å². The van der Waals surface area contributed by atoms with Crippen LogP contribution in [0.5, 0.6) is 0 Å².